The predicted octanol–water partition coefficient (Wildman–Crippen LogP) is 3.50. The van der Waals surface area contributed by atoms with E-state index in [2.05, 4.69) is 10.3 Å². The van der Waals surface area contributed by atoms with Crippen molar-refractivity contribution in [2.24, 2.45) is 0 Å². The first-order valence-corrected chi connectivity index (χ1v) is 9.81. The normalized spacial score (nSPS) is 14.2. The smallest absolute Gasteiger partial charge is 0.235 e. The number of hydrogen-bond acceptors (Lipinski definition) is 4. The Balaban J connectivity index is 2.02. The van der Waals surface area contributed by atoms with E-state index >= 15 is 0 Å². The van der Waals surface area contributed by atoms with Gasteiger partial charge in [-0.25, -0.2) is 9.37 Å². The van der Waals surface area contributed by atoms with Gasteiger partial charge >= 0.3 is 0 Å². The van der Waals surface area contributed by atoms with E-state index in [0.717, 1.165) is 10.6 Å². The van der Waals surface area contributed by atoms with Gasteiger partial charge in [0.1, 0.15) is 16.1 Å². The van der Waals surface area contributed by atoms with Crippen molar-refractivity contribution >= 4 is 28.0 Å². The minimum atomic E-state index is -1.36. The highest BCUT2D eigenvalue weighted by atomic mass is 32.2. The van der Waals surface area contributed by atoms with Crippen LogP contribution in [-0.2, 0) is 21.3 Å². The molecule has 130 valence electrons. The van der Waals surface area contributed by atoms with Crippen LogP contribution in [0.15, 0.2) is 29.6 Å². The van der Waals surface area contributed by atoms with Gasteiger partial charge in [-0.1, -0.05) is 0 Å². The number of aromatic nitrogens is 1. The molecule has 0 saturated carbocycles. The zero-order valence-corrected chi connectivity index (χ0v) is 15.8. The molecule has 0 spiro atoms. The maximum Gasteiger partial charge on any atom is 0.235 e. The maximum atomic E-state index is 13.0. The second-order valence-electron chi connectivity index (χ2n) is 6.56. The molecule has 2 unspecified atom stereocenters. The predicted molar refractivity (Wildman–Crippen MR) is 96.7 cm³/mol. The first kappa shape index (κ1) is 18.7. The summed E-state index contributed by atoms with van der Waals surface area (Å²) in [7, 11) is -1.36. The number of carbonyl (C=O) groups excluding carboxylic acids is 1. The number of carbonyl (C=O) groups is 1. The molecule has 0 bridgehead atoms. The van der Waals surface area contributed by atoms with Crippen molar-refractivity contribution in [1.29, 1.82) is 0 Å². The molecule has 1 aromatic carbocycles. The van der Waals surface area contributed by atoms with Crippen LogP contribution in [0.3, 0.4) is 0 Å². The average Bonchev–Trinajstić information content (AvgIpc) is 2.93. The minimum Gasteiger partial charge on any atom is -0.350 e. The Morgan fingerprint density at radius 1 is 1.33 bits per heavy atom. The lowest BCUT2D eigenvalue weighted by atomic mass is 10.1. The molecule has 0 aliphatic rings. The number of halogens is 1. The zero-order chi connectivity index (χ0) is 17.9. The van der Waals surface area contributed by atoms with E-state index in [1.807, 2.05) is 26.2 Å². The monoisotopic (exact) mass is 368 g/mol. The second kappa shape index (κ2) is 7.53. The zero-order valence-electron chi connectivity index (χ0n) is 14.1. The molecule has 1 amide bonds. The second-order valence-corrected chi connectivity index (χ2v) is 9.17. The number of amides is 1. The molecule has 2 rings (SSSR count). The average molecular weight is 368 g/mol. The lowest BCUT2D eigenvalue weighted by Gasteiger charge is -2.22. The molecule has 0 saturated heterocycles. The molecule has 1 aromatic heterocycles. The summed E-state index contributed by atoms with van der Waals surface area (Å²) < 4.78 is 25.4. The highest BCUT2D eigenvalue weighted by Crippen LogP contribution is 2.24. The van der Waals surface area contributed by atoms with Gasteiger partial charge in [-0.05, 0) is 52.0 Å². The summed E-state index contributed by atoms with van der Waals surface area (Å²) in [4.78, 5) is 16.5. The van der Waals surface area contributed by atoms with Crippen LogP contribution in [0, 0.1) is 5.82 Å². The van der Waals surface area contributed by atoms with E-state index in [9.17, 15) is 13.4 Å². The van der Waals surface area contributed by atoms with Crippen LogP contribution >= 0.6 is 11.3 Å². The summed E-state index contributed by atoms with van der Waals surface area (Å²) in [6.07, 6.45) is 0. The van der Waals surface area contributed by atoms with Crippen LogP contribution in [0.1, 0.15) is 33.4 Å². The van der Waals surface area contributed by atoms with E-state index in [-0.39, 0.29) is 23.0 Å². The summed E-state index contributed by atoms with van der Waals surface area (Å²) in [6.45, 7) is 7.31. The molecule has 24 heavy (non-hydrogen) atoms. The van der Waals surface area contributed by atoms with Gasteiger partial charge in [-0.15, -0.1) is 11.3 Å². The summed E-state index contributed by atoms with van der Waals surface area (Å²) in [5.41, 5.74) is 1.14. The van der Waals surface area contributed by atoms with Gasteiger partial charge in [0.25, 0.3) is 0 Å². The van der Waals surface area contributed by atoms with E-state index in [4.69, 9.17) is 0 Å². The summed E-state index contributed by atoms with van der Waals surface area (Å²) in [5, 5.41) is 4.79. The molecule has 2 aromatic rings. The fraction of sp³-hybridized carbons (Fsp3) is 0.412. The molecular weight excluding hydrogens is 347 g/mol. The van der Waals surface area contributed by atoms with Crippen LogP contribution < -0.4 is 5.32 Å². The lowest BCUT2D eigenvalue weighted by molar-refractivity contribution is -0.121. The topological polar surface area (TPSA) is 59.1 Å². The first-order chi connectivity index (χ1) is 11.2. The summed E-state index contributed by atoms with van der Waals surface area (Å²) in [6, 6.07) is 6.09. The first-order valence-electron chi connectivity index (χ1n) is 7.55. The van der Waals surface area contributed by atoms with Gasteiger partial charge < -0.3 is 5.32 Å². The van der Waals surface area contributed by atoms with E-state index in [1.165, 1.54) is 23.5 Å². The fourth-order valence-corrected chi connectivity index (χ4v) is 3.88. The number of thiazole rings is 1. The van der Waals surface area contributed by atoms with Crippen LogP contribution in [0.25, 0.3) is 10.6 Å². The Bertz CT molecular complexity index is 736. The van der Waals surface area contributed by atoms with Gasteiger partial charge in [0, 0.05) is 27.3 Å². The number of nitrogens with zero attached hydrogens (tertiary/aromatic N) is 1. The third-order valence-electron chi connectivity index (χ3n) is 3.19. The molecule has 0 aliphatic heterocycles. The molecule has 1 heterocycles. The molecule has 0 radical (unpaired) electrons. The Kier molecular flexibility index (Phi) is 5.87. The molecule has 4 nitrogen and oxygen atoms in total. The van der Waals surface area contributed by atoms with Crippen molar-refractivity contribution in [3.63, 3.8) is 0 Å². The Morgan fingerprint density at radius 3 is 2.54 bits per heavy atom. The molecular formula is C17H21FN2O2S2. The highest BCUT2D eigenvalue weighted by molar-refractivity contribution is 7.85. The SMILES string of the molecule is CC(C(=O)NC(C)(C)C)S(=O)Cc1csc(-c2ccc(F)cc2)n1. The molecule has 1 N–H and O–H groups in total. The molecule has 0 fully saturated rings. The fourth-order valence-electron chi connectivity index (χ4n) is 1.96. The van der Waals surface area contributed by atoms with Crippen molar-refractivity contribution in [3.05, 3.63) is 41.2 Å². The van der Waals surface area contributed by atoms with Crippen molar-refractivity contribution in [2.45, 2.75) is 44.2 Å². The van der Waals surface area contributed by atoms with Gasteiger partial charge in [0.15, 0.2) is 0 Å². The van der Waals surface area contributed by atoms with Gasteiger partial charge in [-0.3, -0.25) is 9.00 Å². The maximum absolute atomic E-state index is 13.0. The Morgan fingerprint density at radius 2 is 1.96 bits per heavy atom. The van der Waals surface area contributed by atoms with Gasteiger partial charge in [-0.2, -0.15) is 0 Å². The number of nitrogens with one attached hydrogen (secondary N) is 1. The third-order valence-corrected chi connectivity index (χ3v) is 5.72. The van der Waals surface area contributed by atoms with Crippen molar-refractivity contribution in [1.82, 2.24) is 10.3 Å². The summed E-state index contributed by atoms with van der Waals surface area (Å²) in [5.74, 6) is -0.304. The standard InChI is InChI=1S/C17H21FN2O2S2/c1-11(15(21)20-17(2,3)4)24(22)10-14-9-23-16(19-14)12-5-7-13(18)8-6-12/h5-9,11H,10H2,1-4H3,(H,20,21). The number of rotatable bonds is 5. The molecule has 0 aliphatic carbocycles. The number of hydrogen-bond donors (Lipinski definition) is 1. The quantitative estimate of drug-likeness (QED) is 0.879. The lowest BCUT2D eigenvalue weighted by Crippen LogP contribution is -2.46. The van der Waals surface area contributed by atoms with Gasteiger partial charge in [0.05, 0.1) is 11.4 Å². The van der Waals surface area contributed by atoms with Crippen molar-refractivity contribution in [2.75, 3.05) is 0 Å². The largest absolute Gasteiger partial charge is 0.350 e. The van der Waals surface area contributed by atoms with Gasteiger partial charge in [0.2, 0.25) is 5.91 Å². The van der Waals surface area contributed by atoms with E-state index in [1.54, 1.807) is 19.1 Å². The van der Waals surface area contributed by atoms with Crippen LogP contribution in [0.4, 0.5) is 4.39 Å². The number of benzene rings is 1. The van der Waals surface area contributed by atoms with Crippen molar-refractivity contribution < 1.29 is 13.4 Å². The minimum absolute atomic E-state index is 0.219. The Hall–Kier alpha value is -1.60. The molecule has 7 heteroatoms. The Labute approximate surface area is 148 Å². The van der Waals surface area contributed by atoms with E-state index in [0.29, 0.717) is 5.69 Å². The summed E-state index contributed by atoms with van der Waals surface area (Å²) >= 11 is 1.41. The van der Waals surface area contributed by atoms with E-state index < -0.39 is 16.0 Å². The van der Waals surface area contributed by atoms with Crippen LogP contribution in [0.5, 0.6) is 0 Å². The highest BCUT2D eigenvalue weighted by Gasteiger charge is 2.24. The van der Waals surface area contributed by atoms with Crippen LogP contribution in [0.2, 0.25) is 0 Å². The van der Waals surface area contributed by atoms with Crippen molar-refractivity contribution in [3.8, 4) is 10.6 Å². The van der Waals surface area contributed by atoms with Crippen LogP contribution in [-0.4, -0.2) is 25.9 Å². The molecule has 2 atom stereocenters. The third kappa shape index (κ3) is 5.21.